The highest BCUT2D eigenvalue weighted by Gasteiger charge is 2.10. The van der Waals surface area contributed by atoms with Gasteiger partial charge in [-0.25, -0.2) is 5.48 Å². The van der Waals surface area contributed by atoms with Gasteiger partial charge in [-0.05, 0) is 0 Å². The number of aliphatic hydroxyl groups is 2. The predicted octanol–water partition coefficient (Wildman–Crippen LogP) is -2.15. The third-order valence-corrected chi connectivity index (χ3v) is 0.586. The number of amides is 1. The van der Waals surface area contributed by atoms with Crippen LogP contribution in [0, 0.1) is 0 Å². The highest BCUT2D eigenvalue weighted by Crippen LogP contribution is 1.76. The summed E-state index contributed by atoms with van der Waals surface area (Å²) >= 11 is 0. The number of hydrogen-bond acceptors (Lipinski definition) is 4. The van der Waals surface area contributed by atoms with Crippen LogP contribution in [0.25, 0.3) is 0 Å². The Hall–Kier alpha value is -0.650. The first-order valence-electron chi connectivity index (χ1n) is 1.95. The summed E-state index contributed by atoms with van der Waals surface area (Å²) in [4.78, 5) is 9.97. The Morgan fingerprint density at radius 2 is 2.25 bits per heavy atom. The molecule has 5 nitrogen and oxygen atoms in total. The minimum absolute atomic E-state index is 0.688. The number of aliphatic hydroxyl groups excluding tert-OH is 2. The van der Waals surface area contributed by atoms with Gasteiger partial charge in [0.25, 0.3) is 5.91 Å². The van der Waals surface area contributed by atoms with Crippen LogP contribution < -0.4 is 5.48 Å². The summed E-state index contributed by atoms with van der Waals surface area (Å²) < 4.78 is 0. The molecule has 1 atom stereocenters. The Morgan fingerprint density at radius 3 is 2.38 bits per heavy atom. The van der Waals surface area contributed by atoms with Crippen LogP contribution in [0.5, 0.6) is 0 Å². The monoisotopic (exact) mass is 121 g/mol. The van der Waals surface area contributed by atoms with Gasteiger partial charge in [-0.2, -0.15) is 0 Å². The molecule has 0 aliphatic rings. The lowest BCUT2D eigenvalue weighted by atomic mass is 10.4. The molecule has 5 heteroatoms. The normalized spacial score (nSPS) is 12.9. The molecule has 8 heavy (non-hydrogen) atoms. The maximum absolute atomic E-state index is 9.97. The molecule has 0 aromatic rings. The summed E-state index contributed by atoms with van der Waals surface area (Å²) in [5.74, 6) is -1.01. The average molecular weight is 121 g/mol. The van der Waals surface area contributed by atoms with E-state index in [1.807, 2.05) is 0 Å². The van der Waals surface area contributed by atoms with Crippen LogP contribution in [-0.4, -0.2) is 34.0 Å². The number of rotatable bonds is 2. The Labute approximate surface area is 45.5 Å². The van der Waals surface area contributed by atoms with Crippen LogP contribution in [0.15, 0.2) is 0 Å². The number of hydroxylamine groups is 1. The summed E-state index contributed by atoms with van der Waals surface area (Å²) in [6.07, 6.45) is -1.53. The van der Waals surface area contributed by atoms with Gasteiger partial charge < -0.3 is 10.2 Å². The molecule has 1 amide bonds. The minimum atomic E-state index is -1.53. The van der Waals surface area contributed by atoms with Crippen molar-refractivity contribution < 1.29 is 20.2 Å². The van der Waals surface area contributed by atoms with E-state index in [0.29, 0.717) is 0 Å². The molecule has 0 fully saturated rings. The standard InChI is InChI=1S/C3H7NO4/c5-1-2(6)3(7)4-8/h2,5-6,8H,1H2,(H,4,7). The van der Waals surface area contributed by atoms with E-state index in [0.717, 1.165) is 0 Å². The van der Waals surface area contributed by atoms with Crippen molar-refractivity contribution in [2.75, 3.05) is 6.61 Å². The Morgan fingerprint density at radius 1 is 1.75 bits per heavy atom. The molecule has 0 aromatic carbocycles. The zero-order valence-electron chi connectivity index (χ0n) is 4.03. The maximum atomic E-state index is 9.97. The molecule has 0 aromatic heterocycles. The number of hydrogen-bond donors (Lipinski definition) is 4. The first kappa shape index (κ1) is 7.35. The predicted molar refractivity (Wildman–Crippen MR) is 23.0 cm³/mol. The smallest absolute Gasteiger partial charge is 0.274 e. The van der Waals surface area contributed by atoms with Crippen molar-refractivity contribution in [1.82, 2.24) is 5.48 Å². The first-order chi connectivity index (χ1) is 3.72. The van der Waals surface area contributed by atoms with Crippen molar-refractivity contribution in [3.8, 4) is 0 Å². The lowest BCUT2D eigenvalue weighted by Crippen LogP contribution is -2.34. The van der Waals surface area contributed by atoms with Crippen LogP contribution in [0.1, 0.15) is 0 Å². The lowest BCUT2D eigenvalue weighted by molar-refractivity contribution is -0.139. The molecule has 0 aliphatic heterocycles. The zero-order valence-corrected chi connectivity index (χ0v) is 4.03. The van der Waals surface area contributed by atoms with E-state index in [-0.39, 0.29) is 0 Å². The van der Waals surface area contributed by atoms with E-state index in [1.54, 1.807) is 0 Å². The molecule has 0 saturated carbocycles. The SMILES string of the molecule is O=C(NO)C(O)CO. The van der Waals surface area contributed by atoms with Gasteiger partial charge in [-0.15, -0.1) is 0 Å². The van der Waals surface area contributed by atoms with Crippen molar-refractivity contribution in [2.24, 2.45) is 0 Å². The van der Waals surface area contributed by atoms with Gasteiger partial charge in [0.2, 0.25) is 0 Å². The minimum Gasteiger partial charge on any atom is -0.393 e. The molecule has 1 unspecified atom stereocenters. The summed E-state index contributed by atoms with van der Waals surface area (Å²) in [6, 6.07) is 0. The van der Waals surface area contributed by atoms with Gasteiger partial charge in [-0.3, -0.25) is 10.0 Å². The van der Waals surface area contributed by atoms with Crippen LogP contribution >= 0.6 is 0 Å². The number of carbonyl (C=O) groups is 1. The topological polar surface area (TPSA) is 89.8 Å². The van der Waals surface area contributed by atoms with E-state index in [9.17, 15) is 4.79 Å². The quantitative estimate of drug-likeness (QED) is 0.247. The molecule has 0 bridgehead atoms. The van der Waals surface area contributed by atoms with Crippen LogP contribution in [0.4, 0.5) is 0 Å². The molecule has 0 rings (SSSR count). The molecule has 0 aliphatic carbocycles. The van der Waals surface area contributed by atoms with Crippen molar-refractivity contribution in [1.29, 1.82) is 0 Å². The van der Waals surface area contributed by atoms with E-state index < -0.39 is 18.6 Å². The molecule has 0 radical (unpaired) electrons. The molecule has 48 valence electrons. The van der Waals surface area contributed by atoms with E-state index in [2.05, 4.69) is 0 Å². The number of nitrogens with one attached hydrogen (secondary N) is 1. The van der Waals surface area contributed by atoms with Gasteiger partial charge in [0, 0.05) is 0 Å². The van der Waals surface area contributed by atoms with Crippen molar-refractivity contribution >= 4 is 5.91 Å². The summed E-state index contributed by atoms with van der Waals surface area (Å²) in [5, 5.41) is 24.1. The summed E-state index contributed by atoms with van der Waals surface area (Å²) in [6.45, 7) is -0.688. The van der Waals surface area contributed by atoms with Crippen molar-refractivity contribution in [3.05, 3.63) is 0 Å². The fourth-order valence-electron chi connectivity index (χ4n) is 0.157. The fraction of sp³-hybridized carbons (Fsp3) is 0.667. The Bertz CT molecular complexity index is 83.4. The second-order valence-corrected chi connectivity index (χ2v) is 1.17. The van der Waals surface area contributed by atoms with E-state index in [1.165, 1.54) is 5.48 Å². The number of carbonyl (C=O) groups excluding carboxylic acids is 1. The molecular formula is C3H7NO4. The van der Waals surface area contributed by atoms with Crippen LogP contribution in [-0.2, 0) is 4.79 Å². The van der Waals surface area contributed by atoms with Gasteiger partial charge in [-0.1, -0.05) is 0 Å². The van der Waals surface area contributed by atoms with E-state index in [4.69, 9.17) is 15.4 Å². The molecule has 0 spiro atoms. The third kappa shape index (κ3) is 1.87. The van der Waals surface area contributed by atoms with Crippen LogP contribution in [0.3, 0.4) is 0 Å². The highest BCUT2D eigenvalue weighted by atomic mass is 16.5. The molecule has 4 N–H and O–H groups in total. The largest absolute Gasteiger partial charge is 0.393 e. The van der Waals surface area contributed by atoms with Gasteiger partial charge in [0.15, 0.2) is 6.10 Å². The highest BCUT2D eigenvalue weighted by molar-refractivity contribution is 5.79. The Kier molecular flexibility index (Phi) is 3.09. The Balaban J connectivity index is 3.46. The van der Waals surface area contributed by atoms with Gasteiger partial charge in [0.05, 0.1) is 6.61 Å². The van der Waals surface area contributed by atoms with Gasteiger partial charge in [0.1, 0.15) is 0 Å². The fourth-order valence-corrected chi connectivity index (χ4v) is 0.157. The van der Waals surface area contributed by atoms with Crippen molar-refractivity contribution in [2.45, 2.75) is 6.10 Å². The second kappa shape index (κ2) is 3.36. The summed E-state index contributed by atoms with van der Waals surface area (Å²) in [5.41, 5.74) is 1.17. The molecule has 0 heterocycles. The van der Waals surface area contributed by atoms with Gasteiger partial charge >= 0.3 is 0 Å². The van der Waals surface area contributed by atoms with E-state index >= 15 is 0 Å². The first-order valence-corrected chi connectivity index (χ1v) is 1.95. The lowest BCUT2D eigenvalue weighted by Gasteiger charge is -2.01. The zero-order chi connectivity index (χ0) is 6.57. The second-order valence-electron chi connectivity index (χ2n) is 1.17. The third-order valence-electron chi connectivity index (χ3n) is 0.586. The van der Waals surface area contributed by atoms with Crippen LogP contribution in [0.2, 0.25) is 0 Å². The molecule has 0 saturated heterocycles. The van der Waals surface area contributed by atoms with Crippen molar-refractivity contribution in [3.63, 3.8) is 0 Å². The maximum Gasteiger partial charge on any atom is 0.274 e. The average Bonchev–Trinajstić information content (AvgIpc) is 1.84. The molecular weight excluding hydrogens is 114 g/mol. The summed E-state index contributed by atoms with van der Waals surface area (Å²) in [7, 11) is 0.